The van der Waals surface area contributed by atoms with Gasteiger partial charge in [0.15, 0.2) is 5.11 Å². The summed E-state index contributed by atoms with van der Waals surface area (Å²) in [4.78, 5) is 0. The molecule has 2 aromatic carbocycles. The number of anilines is 1. The van der Waals surface area contributed by atoms with Gasteiger partial charge >= 0.3 is 0 Å². The van der Waals surface area contributed by atoms with Crippen molar-refractivity contribution in [3.8, 4) is 0 Å². The molecule has 2 N–H and O–H groups in total. The molecule has 0 unspecified atom stereocenters. The van der Waals surface area contributed by atoms with E-state index in [1.54, 1.807) is 18.2 Å². The van der Waals surface area contributed by atoms with Gasteiger partial charge in [-0.25, -0.2) is 4.39 Å². The first kappa shape index (κ1) is 15.7. The highest BCUT2D eigenvalue weighted by molar-refractivity contribution is 7.80. The molecule has 0 bridgehead atoms. The standard InChI is InChI=1S/C16H16ClFN2S/c1-10-3-5-14(18)12(7-10)9-19-16(21)20-15-6-4-13(17)8-11(15)2/h3-8H,9H2,1-2H3,(H2,19,20,21). The van der Waals surface area contributed by atoms with Crippen molar-refractivity contribution >= 4 is 34.6 Å². The predicted molar refractivity (Wildman–Crippen MR) is 90.4 cm³/mol. The zero-order chi connectivity index (χ0) is 15.4. The summed E-state index contributed by atoms with van der Waals surface area (Å²) < 4.78 is 13.6. The third-order valence-electron chi connectivity index (χ3n) is 3.08. The van der Waals surface area contributed by atoms with Crippen LogP contribution in [0.25, 0.3) is 0 Å². The summed E-state index contributed by atoms with van der Waals surface area (Å²) in [6, 6.07) is 10.5. The Morgan fingerprint density at radius 2 is 1.95 bits per heavy atom. The number of rotatable bonds is 3. The Morgan fingerprint density at radius 1 is 1.19 bits per heavy atom. The Hall–Kier alpha value is -1.65. The minimum Gasteiger partial charge on any atom is -0.358 e. The molecular weight excluding hydrogens is 307 g/mol. The van der Waals surface area contributed by atoms with Gasteiger partial charge in [-0.1, -0.05) is 29.3 Å². The van der Waals surface area contributed by atoms with E-state index in [1.165, 1.54) is 6.07 Å². The summed E-state index contributed by atoms with van der Waals surface area (Å²) in [5.41, 5.74) is 3.47. The van der Waals surface area contributed by atoms with Crippen LogP contribution in [0.1, 0.15) is 16.7 Å². The van der Waals surface area contributed by atoms with Crippen molar-refractivity contribution in [3.63, 3.8) is 0 Å². The van der Waals surface area contributed by atoms with Gasteiger partial charge in [-0.3, -0.25) is 0 Å². The molecule has 0 aliphatic rings. The van der Waals surface area contributed by atoms with Crippen LogP contribution in [0.3, 0.4) is 0 Å². The fraction of sp³-hybridized carbons (Fsp3) is 0.188. The van der Waals surface area contributed by atoms with Gasteiger partial charge in [0.25, 0.3) is 0 Å². The Kier molecular flexibility index (Phi) is 5.15. The van der Waals surface area contributed by atoms with Crippen LogP contribution in [0, 0.1) is 19.7 Å². The van der Waals surface area contributed by atoms with Gasteiger partial charge < -0.3 is 10.6 Å². The van der Waals surface area contributed by atoms with E-state index in [0.717, 1.165) is 16.8 Å². The minimum absolute atomic E-state index is 0.237. The van der Waals surface area contributed by atoms with Gasteiger partial charge in [0.2, 0.25) is 0 Å². The maximum absolute atomic E-state index is 13.6. The average Bonchev–Trinajstić information content (AvgIpc) is 2.43. The molecule has 0 fully saturated rings. The van der Waals surface area contributed by atoms with Gasteiger partial charge in [-0.05, 0) is 55.9 Å². The summed E-state index contributed by atoms with van der Waals surface area (Å²) in [6.07, 6.45) is 0. The quantitative estimate of drug-likeness (QED) is 0.809. The first-order valence-electron chi connectivity index (χ1n) is 6.52. The highest BCUT2D eigenvalue weighted by Gasteiger charge is 2.05. The Morgan fingerprint density at radius 3 is 2.67 bits per heavy atom. The van der Waals surface area contributed by atoms with E-state index in [-0.39, 0.29) is 5.82 Å². The van der Waals surface area contributed by atoms with E-state index in [0.29, 0.717) is 22.2 Å². The molecule has 2 nitrogen and oxygen atoms in total. The second-order valence-electron chi connectivity index (χ2n) is 4.86. The molecule has 2 aromatic rings. The number of thiocarbonyl (C=S) groups is 1. The lowest BCUT2D eigenvalue weighted by Crippen LogP contribution is -2.28. The molecule has 5 heteroatoms. The van der Waals surface area contributed by atoms with E-state index in [4.69, 9.17) is 23.8 Å². The smallest absolute Gasteiger partial charge is 0.171 e. The van der Waals surface area contributed by atoms with Crippen molar-refractivity contribution in [1.29, 1.82) is 0 Å². The summed E-state index contributed by atoms with van der Waals surface area (Å²) >= 11 is 11.1. The molecule has 0 spiro atoms. The first-order valence-corrected chi connectivity index (χ1v) is 7.30. The molecule has 0 aliphatic carbocycles. The topological polar surface area (TPSA) is 24.1 Å². The lowest BCUT2D eigenvalue weighted by atomic mass is 10.1. The van der Waals surface area contributed by atoms with Gasteiger partial charge in [-0.2, -0.15) is 0 Å². The Bertz CT molecular complexity index is 673. The van der Waals surface area contributed by atoms with E-state index < -0.39 is 0 Å². The van der Waals surface area contributed by atoms with Crippen LogP contribution < -0.4 is 10.6 Å². The largest absolute Gasteiger partial charge is 0.358 e. The van der Waals surface area contributed by atoms with Gasteiger partial charge in [0, 0.05) is 22.8 Å². The molecule has 110 valence electrons. The lowest BCUT2D eigenvalue weighted by molar-refractivity contribution is 0.606. The molecule has 0 heterocycles. The maximum atomic E-state index is 13.6. The third kappa shape index (κ3) is 4.41. The number of nitrogens with one attached hydrogen (secondary N) is 2. The number of aryl methyl sites for hydroxylation is 2. The molecule has 0 saturated carbocycles. The van der Waals surface area contributed by atoms with Crippen molar-refractivity contribution in [2.24, 2.45) is 0 Å². The predicted octanol–water partition coefficient (Wildman–Crippen LogP) is 4.58. The SMILES string of the molecule is Cc1ccc(F)c(CNC(=S)Nc2ccc(Cl)cc2C)c1. The van der Waals surface area contributed by atoms with Crippen LogP contribution in [0.5, 0.6) is 0 Å². The summed E-state index contributed by atoms with van der Waals surface area (Å²) in [7, 11) is 0. The average molecular weight is 323 g/mol. The molecule has 0 aromatic heterocycles. The van der Waals surface area contributed by atoms with E-state index in [2.05, 4.69) is 10.6 Å². The second kappa shape index (κ2) is 6.87. The molecule has 0 saturated heterocycles. The zero-order valence-corrected chi connectivity index (χ0v) is 13.4. The Balaban J connectivity index is 1.97. The van der Waals surface area contributed by atoms with Crippen LogP contribution in [0.2, 0.25) is 5.02 Å². The summed E-state index contributed by atoms with van der Waals surface area (Å²) in [5, 5.41) is 7.21. The van der Waals surface area contributed by atoms with Crippen LogP contribution >= 0.6 is 23.8 Å². The van der Waals surface area contributed by atoms with Crippen molar-refractivity contribution in [3.05, 3.63) is 63.9 Å². The molecule has 0 amide bonds. The molecule has 21 heavy (non-hydrogen) atoms. The van der Waals surface area contributed by atoms with Crippen LogP contribution in [-0.2, 0) is 6.54 Å². The summed E-state index contributed by atoms with van der Waals surface area (Å²) in [6.45, 7) is 4.21. The highest BCUT2D eigenvalue weighted by atomic mass is 35.5. The van der Waals surface area contributed by atoms with E-state index in [1.807, 2.05) is 26.0 Å². The maximum Gasteiger partial charge on any atom is 0.171 e. The third-order valence-corrected chi connectivity index (χ3v) is 3.56. The molecule has 0 radical (unpaired) electrons. The minimum atomic E-state index is -0.237. The number of hydrogen-bond acceptors (Lipinski definition) is 1. The molecule has 0 atom stereocenters. The molecule has 2 rings (SSSR count). The van der Waals surface area contributed by atoms with Crippen molar-refractivity contribution in [1.82, 2.24) is 5.32 Å². The van der Waals surface area contributed by atoms with Gasteiger partial charge in [0.05, 0.1) is 0 Å². The normalized spacial score (nSPS) is 10.3. The fourth-order valence-electron chi connectivity index (χ4n) is 1.95. The van der Waals surface area contributed by atoms with E-state index in [9.17, 15) is 4.39 Å². The van der Waals surface area contributed by atoms with Crippen LogP contribution in [0.4, 0.5) is 10.1 Å². The number of benzene rings is 2. The second-order valence-corrected chi connectivity index (χ2v) is 5.71. The highest BCUT2D eigenvalue weighted by Crippen LogP contribution is 2.19. The van der Waals surface area contributed by atoms with Crippen molar-refractivity contribution in [2.45, 2.75) is 20.4 Å². The Labute approximate surface area is 134 Å². The van der Waals surface area contributed by atoms with Crippen LogP contribution in [-0.4, -0.2) is 5.11 Å². The fourth-order valence-corrected chi connectivity index (χ4v) is 2.36. The molecule has 0 aliphatic heterocycles. The van der Waals surface area contributed by atoms with Crippen molar-refractivity contribution in [2.75, 3.05) is 5.32 Å². The monoisotopic (exact) mass is 322 g/mol. The van der Waals surface area contributed by atoms with Gasteiger partial charge in [-0.15, -0.1) is 0 Å². The lowest BCUT2D eigenvalue weighted by Gasteiger charge is -2.13. The first-order chi connectivity index (χ1) is 9.95. The van der Waals surface area contributed by atoms with E-state index >= 15 is 0 Å². The van der Waals surface area contributed by atoms with Gasteiger partial charge in [0.1, 0.15) is 5.82 Å². The number of halogens is 2. The van der Waals surface area contributed by atoms with Crippen LogP contribution in [0.15, 0.2) is 36.4 Å². The van der Waals surface area contributed by atoms with Crippen molar-refractivity contribution < 1.29 is 4.39 Å². The molecular formula is C16H16ClFN2S. The summed E-state index contributed by atoms with van der Waals surface area (Å²) in [5.74, 6) is -0.237. The number of hydrogen-bond donors (Lipinski definition) is 2. The zero-order valence-electron chi connectivity index (χ0n) is 11.8.